The molecule has 328 valence electrons. The van der Waals surface area contributed by atoms with Crippen molar-refractivity contribution in [2.45, 2.75) is 62.4 Å². The van der Waals surface area contributed by atoms with E-state index in [1.165, 1.54) is 11.1 Å². The Hall–Kier alpha value is -6.33. The van der Waals surface area contributed by atoms with Crippen LogP contribution in [0, 0.1) is 5.53 Å². The maximum atomic E-state index is 11.0. The molecule has 63 heavy (non-hydrogen) atoms. The van der Waals surface area contributed by atoms with Crippen molar-refractivity contribution in [3.63, 3.8) is 0 Å². The van der Waals surface area contributed by atoms with Gasteiger partial charge in [-0.1, -0.05) is 120 Å². The Labute approximate surface area is 378 Å². The summed E-state index contributed by atoms with van der Waals surface area (Å²) in [5, 5.41) is 19.5. The molecule has 7 N–H and O–H groups in total. The Bertz CT molecular complexity index is 2280. The van der Waals surface area contributed by atoms with Crippen LogP contribution in [0.5, 0.6) is 11.5 Å². The predicted molar refractivity (Wildman–Crippen MR) is 251 cm³/mol. The van der Waals surface area contributed by atoms with Gasteiger partial charge in [-0.15, -0.1) is 5.53 Å². The molecule has 2 aliphatic carbocycles. The highest BCUT2D eigenvalue weighted by Gasteiger charge is 2.41. The minimum absolute atomic E-state index is 0.159. The molecule has 0 aliphatic heterocycles. The van der Waals surface area contributed by atoms with Crippen molar-refractivity contribution in [3.8, 4) is 11.5 Å². The summed E-state index contributed by atoms with van der Waals surface area (Å²) in [4.78, 5) is 23.8. The first kappa shape index (κ1) is 49.3. The molecule has 0 heterocycles. The van der Waals surface area contributed by atoms with Gasteiger partial charge in [-0.25, -0.2) is 9.59 Å². The highest BCUT2D eigenvalue weighted by molar-refractivity contribution is 6.32. The summed E-state index contributed by atoms with van der Waals surface area (Å²) in [5.41, 5.74) is 30.9. The Morgan fingerprint density at radius 2 is 0.952 bits per heavy atom. The second kappa shape index (κ2) is 24.3. The summed E-state index contributed by atoms with van der Waals surface area (Å²) in [6.07, 6.45) is 1.99. The van der Waals surface area contributed by atoms with E-state index in [1.807, 2.05) is 123 Å². The van der Waals surface area contributed by atoms with E-state index in [1.54, 1.807) is 55.5 Å². The first-order chi connectivity index (χ1) is 30.2. The monoisotopic (exact) mass is 889 g/mol. The van der Waals surface area contributed by atoms with Gasteiger partial charge in [0.05, 0.1) is 25.3 Å². The smallest absolute Gasteiger partial charge is 0.335 e. The lowest BCUT2D eigenvalue weighted by Crippen LogP contribution is -2.03. The van der Waals surface area contributed by atoms with E-state index in [0.29, 0.717) is 44.8 Å². The van der Waals surface area contributed by atoms with Gasteiger partial charge in [0, 0.05) is 22.1 Å². The lowest BCUT2D eigenvalue weighted by molar-refractivity contribution is 0.0686. The number of nitrogens with two attached hydrogens (primary N) is 2. The summed E-state index contributed by atoms with van der Waals surface area (Å²) in [6.45, 7) is 3.96. The van der Waals surface area contributed by atoms with Crippen LogP contribution >= 0.6 is 23.2 Å². The third-order valence-corrected chi connectivity index (χ3v) is 11.2. The average Bonchev–Trinajstić information content (AvgIpc) is 4.24. The number of nitrogens with one attached hydrogen (secondary N) is 1. The molecular weight excluding hydrogens is 837 g/mol. The SMILES string of the molecule is COc1ccc([C@H]2C[C@@H]2c2cccc(C(=O)O)c2)c(Cl)c1.COc1ccc([C@H]2C[C@@H]2c2cccc(C(=O)O)c2)c(Cl)c1.C[C@H](N)c1ccccc1.C[C@H](N)c1ccccc1.[N-]=[N+]=N. The van der Waals surface area contributed by atoms with Gasteiger partial charge in [0.1, 0.15) is 11.5 Å². The highest BCUT2D eigenvalue weighted by Crippen LogP contribution is 2.57. The molecule has 6 aromatic carbocycles. The van der Waals surface area contributed by atoms with Crippen LogP contribution in [0.15, 0.2) is 146 Å². The molecule has 8 rings (SSSR count). The largest absolute Gasteiger partial charge is 0.497 e. The quantitative estimate of drug-likeness (QED) is 0.0507. The molecule has 2 aliphatic rings. The van der Waals surface area contributed by atoms with Crippen LogP contribution in [0.25, 0.3) is 10.4 Å². The van der Waals surface area contributed by atoms with Gasteiger partial charge in [-0.2, -0.15) is 0 Å². The minimum Gasteiger partial charge on any atom is -0.497 e. The van der Waals surface area contributed by atoms with Gasteiger partial charge in [0.25, 0.3) is 0 Å². The van der Waals surface area contributed by atoms with Gasteiger partial charge in [0.2, 0.25) is 0 Å². The van der Waals surface area contributed by atoms with Gasteiger partial charge < -0.3 is 31.2 Å². The normalized spacial score (nSPS) is 17.3. The van der Waals surface area contributed by atoms with Crippen LogP contribution in [0.4, 0.5) is 0 Å². The summed E-state index contributed by atoms with van der Waals surface area (Å²) in [7, 11) is 3.23. The number of hydrogen-bond donors (Lipinski definition) is 5. The molecule has 0 aromatic heterocycles. The van der Waals surface area contributed by atoms with E-state index in [4.69, 9.17) is 65.4 Å². The lowest BCUT2D eigenvalue weighted by atomic mass is 10.0. The fourth-order valence-corrected chi connectivity index (χ4v) is 7.62. The molecule has 13 heteroatoms. The number of benzene rings is 6. The van der Waals surface area contributed by atoms with E-state index < -0.39 is 11.9 Å². The lowest BCUT2D eigenvalue weighted by Gasteiger charge is -2.07. The molecule has 2 fully saturated rings. The molecule has 0 unspecified atom stereocenters. The van der Waals surface area contributed by atoms with Crippen molar-refractivity contribution < 1.29 is 29.3 Å². The number of methoxy groups -OCH3 is 2. The van der Waals surface area contributed by atoms with Crippen molar-refractivity contribution in [1.29, 1.82) is 5.53 Å². The van der Waals surface area contributed by atoms with Crippen molar-refractivity contribution in [3.05, 3.63) is 211 Å². The molecule has 0 amide bonds. The van der Waals surface area contributed by atoms with E-state index in [2.05, 4.69) is 0 Å². The Kier molecular flexibility index (Phi) is 19.1. The van der Waals surface area contributed by atoms with E-state index in [9.17, 15) is 9.59 Å². The minimum atomic E-state index is -0.892. The number of aromatic carboxylic acids is 2. The number of carbonyl (C=O) groups is 2. The topological polar surface area (TPSA) is 205 Å². The number of nitrogens with zero attached hydrogens (tertiary/aromatic N) is 2. The summed E-state index contributed by atoms with van der Waals surface area (Å²) < 4.78 is 10.3. The van der Waals surface area contributed by atoms with Crippen molar-refractivity contribution in [2.24, 2.45) is 11.5 Å². The van der Waals surface area contributed by atoms with Crippen LogP contribution in [0.2, 0.25) is 10.0 Å². The molecular formula is C50H53Cl2N5O6. The third-order valence-electron chi connectivity index (χ3n) is 10.6. The maximum absolute atomic E-state index is 11.0. The summed E-state index contributed by atoms with van der Waals surface area (Å²) in [6, 6.07) is 46.2. The summed E-state index contributed by atoms with van der Waals surface area (Å²) >= 11 is 12.6. The van der Waals surface area contributed by atoms with Crippen LogP contribution in [-0.2, 0) is 0 Å². The standard InChI is InChI=1S/2C17H15ClO3.2C8H11N.HN3/c2*1-21-12-5-6-13(16(18)8-12)15-9-14(15)10-3-2-4-11(7-10)17(19)20;2*1-7(9)8-5-3-2-4-6-8;1-3-2/h2*2-8,14-15H,9H2,1H3,(H,19,20);2*2-7H,9H2,1H3;1H/t2*14-,15-;2*7-;/m1100./s1. The average molecular weight is 891 g/mol. The molecule has 6 aromatic rings. The van der Waals surface area contributed by atoms with E-state index in [0.717, 1.165) is 46.6 Å². The molecule has 11 nitrogen and oxygen atoms in total. The number of ether oxygens (including phenoxy) is 2. The second-order valence-electron chi connectivity index (χ2n) is 15.0. The van der Waals surface area contributed by atoms with Gasteiger partial charge >= 0.3 is 11.9 Å². The van der Waals surface area contributed by atoms with Crippen LogP contribution in [0.3, 0.4) is 0 Å². The van der Waals surface area contributed by atoms with Gasteiger partial charge in [-0.3, -0.25) is 0 Å². The maximum Gasteiger partial charge on any atom is 0.335 e. The molecule has 0 radical (unpaired) electrons. The number of halogens is 2. The number of carboxylic acids is 2. The van der Waals surface area contributed by atoms with Crippen molar-refractivity contribution in [2.75, 3.05) is 14.2 Å². The van der Waals surface area contributed by atoms with Crippen molar-refractivity contribution >= 4 is 35.1 Å². The molecule has 0 saturated heterocycles. The molecule has 2 saturated carbocycles. The number of hydrogen-bond acceptors (Lipinski definition) is 7. The first-order valence-electron chi connectivity index (χ1n) is 20.2. The number of rotatable bonds is 10. The van der Waals surface area contributed by atoms with Crippen LogP contribution < -0.4 is 20.9 Å². The summed E-state index contributed by atoms with van der Waals surface area (Å²) in [5.74, 6) is 1.10. The second-order valence-corrected chi connectivity index (χ2v) is 15.8. The van der Waals surface area contributed by atoms with Crippen molar-refractivity contribution in [1.82, 2.24) is 0 Å². The van der Waals surface area contributed by atoms with E-state index in [-0.39, 0.29) is 12.1 Å². The van der Waals surface area contributed by atoms with Gasteiger partial charge in [-0.05, 0) is 143 Å². The zero-order chi connectivity index (χ0) is 46.1. The fraction of sp³-hybridized carbons (Fsp3) is 0.240. The molecule has 0 spiro atoms. The van der Waals surface area contributed by atoms with E-state index >= 15 is 0 Å². The Morgan fingerprint density at radius 3 is 1.22 bits per heavy atom. The van der Waals surface area contributed by atoms with Crippen LogP contribution in [0.1, 0.15) is 117 Å². The zero-order valence-electron chi connectivity index (χ0n) is 35.6. The predicted octanol–water partition coefficient (Wildman–Crippen LogP) is 12.9. The zero-order valence-corrected chi connectivity index (χ0v) is 37.1. The Balaban J connectivity index is 0.000000193. The fourth-order valence-electron chi connectivity index (χ4n) is 7.00. The van der Waals surface area contributed by atoms with Gasteiger partial charge in [0.15, 0.2) is 0 Å². The Morgan fingerprint density at radius 1 is 0.603 bits per heavy atom. The van der Waals surface area contributed by atoms with Crippen LogP contribution in [-0.4, -0.2) is 36.4 Å². The molecule has 6 atom stereocenters. The highest BCUT2D eigenvalue weighted by atomic mass is 35.5. The first-order valence-corrected chi connectivity index (χ1v) is 20.9. The number of carboxylic acid groups (broad SMARTS) is 2. The third kappa shape index (κ3) is 14.9. The molecule has 0 bridgehead atoms.